The summed E-state index contributed by atoms with van der Waals surface area (Å²) >= 11 is 0. The second kappa shape index (κ2) is 4.82. The molecular formula is C13H12F3NO3. The van der Waals surface area contributed by atoms with Crippen LogP contribution in [0.5, 0.6) is 5.75 Å². The van der Waals surface area contributed by atoms with Gasteiger partial charge in [0, 0.05) is 18.1 Å². The number of para-hydroxylation sites is 1. The van der Waals surface area contributed by atoms with Crippen molar-refractivity contribution >= 4 is 5.71 Å². The quantitative estimate of drug-likeness (QED) is 0.499. The van der Waals surface area contributed by atoms with E-state index in [1.54, 1.807) is 6.07 Å². The second-order valence-corrected chi connectivity index (χ2v) is 4.54. The van der Waals surface area contributed by atoms with Gasteiger partial charge in [0.05, 0.1) is 5.71 Å². The number of benzene rings is 1. The molecule has 0 saturated heterocycles. The summed E-state index contributed by atoms with van der Waals surface area (Å²) in [4.78, 5) is 0. The molecule has 2 N–H and O–H groups in total. The molecule has 108 valence electrons. The molecule has 20 heavy (non-hydrogen) atoms. The average Bonchev–Trinajstić information content (AvgIpc) is 2.37. The van der Waals surface area contributed by atoms with E-state index in [-0.39, 0.29) is 23.4 Å². The van der Waals surface area contributed by atoms with Crippen LogP contribution in [-0.2, 0) is 5.60 Å². The Bertz CT molecular complexity index is 580. The Morgan fingerprint density at radius 3 is 2.60 bits per heavy atom. The van der Waals surface area contributed by atoms with E-state index in [1.165, 1.54) is 25.1 Å². The molecule has 1 atom stereocenters. The molecule has 1 aliphatic heterocycles. The van der Waals surface area contributed by atoms with E-state index in [2.05, 4.69) is 5.16 Å². The van der Waals surface area contributed by atoms with Gasteiger partial charge in [-0.2, -0.15) is 13.2 Å². The summed E-state index contributed by atoms with van der Waals surface area (Å²) in [5.41, 5.74) is -1.64. The second-order valence-electron chi connectivity index (χ2n) is 4.54. The molecule has 0 fully saturated rings. The van der Waals surface area contributed by atoms with Crippen molar-refractivity contribution in [2.24, 2.45) is 5.16 Å². The van der Waals surface area contributed by atoms with Gasteiger partial charge >= 0.3 is 6.18 Å². The number of aliphatic hydroxyl groups is 1. The number of alkyl halides is 3. The lowest BCUT2D eigenvalue weighted by atomic mass is 9.86. The van der Waals surface area contributed by atoms with Crippen LogP contribution in [0.15, 0.2) is 41.3 Å². The fourth-order valence-electron chi connectivity index (χ4n) is 2.07. The van der Waals surface area contributed by atoms with Crippen LogP contribution in [0, 0.1) is 0 Å². The Balaban J connectivity index is 2.54. The minimum Gasteiger partial charge on any atom is -0.452 e. The van der Waals surface area contributed by atoms with Gasteiger partial charge in [-0.3, -0.25) is 0 Å². The summed E-state index contributed by atoms with van der Waals surface area (Å²) in [6, 6.07) is 5.88. The van der Waals surface area contributed by atoms with Gasteiger partial charge in [-0.1, -0.05) is 23.4 Å². The molecule has 0 aromatic heterocycles. The molecule has 0 aliphatic carbocycles. The van der Waals surface area contributed by atoms with Crippen molar-refractivity contribution in [3.63, 3.8) is 0 Å². The molecule has 0 saturated carbocycles. The Hall–Kier alpha value is -2.02. The van der Waals surface area contributed by atoms with Crippen LogP contribution in [-0.4, -0.2) is 22.2 Å². The van der Waals surface area contributed by atoms with Crippen molar-refractivity contribution < 1.29 is 28.2 Å². The Kier molecular flexibility index (Phi) is 3.47. The van der Waals surface area contributed by atoms with Crippen molar-refractivity contribution in [1.29, 1.82) is 0 Å². The number of nitrogens with zero attached hydrogens (tertiary/aromatic N) is 1. The lowest BCUT2D eigenvalue weighted by Crippen LogP contribution is -2.34. The van der Waals surface area contributed by atoms with Crippen LogP contribution < -0.4 is 4.74 Å². The summed E-state index contributed by atoms with van der Waals surface area (Å²) in [5.74, 6) is -1.36. The molecule has 0 spiro atoms. The monoisotopic (exact) mass is 287 g/mol. The molecule has 1 aliphatic rings. The van der Waals surface area contributed by atoms with E-state index in [0.29, 0.717) is 6.08 Å². The number of hydrogen-bond donors (Lipinski definition) is 2. The standard InChI is InChI=1S/C13H12F3NO3/c1-8(17-19)6-12(18)7-11(13(14,15)16)20-10-5-3-2-4-9(10)12/h2-5,7,18-19H,6H2,1H3/b17-8+. The van der Waals surface area contributed by atoms with Crippen LogP contribution >= 0.6 is 0 Å². The minimum absolute atomic E-state index is 0.0736. The lowest BCUT2D eigenvalue weighted by Gasteiger charge is -2.32. The lowest BCUT2D eigenvalue weighted by molar-refractivity contribution is -0.121. The van der Waals surface area contributed by atoms with Gasteiger partial charge in [-0.15, -0.1) is 0 Å². The molecule has 2 rings (SSSR count). The molecular weight excluding hydrogens is 275 g/mol. The number of rotatable bonds is 2. The molecule has 0 bridgehead atoms. The van der Waals surface area contributed by atoms with Crippen LogP contribution in [0.3, 0.4) is 0 Å². The number of halogens is 3. The molecule has 1 heterocycles. The maximum Gasteiger partial charge on any atom is 0.449 e. The molecule has 0 radical (unpaired) electrons. The highest BCUT2D eigenvalue weighted by molar-refractivity contribution is 5.83. The highest BCUT2D eigenvalue weighted by Crippen LogP contribution is 2.43. The molecule has 7 heteroatoms. The topological polar surface area (TPSA) is 62.0 Å². The van der Waals surface area contributed by atoms with Crippen LogP contribution in [0.25, 0.3) is 0 Å². The molecule has 1 aromatic carbocycles. The smallest absolute Gasteiger partial charge is 0.449 e. The molecule has 1 aromatic rings. The van der Waals surface area contributed by atoms with Gasteiger partial charge in [-0.25, -0.2) is 0 Å². The zero-order valence-electron chi connectivity index (χ0n) is 10.5. The first-order chi connectivity index (χ1) is 9.26. The number of fused-ring (bicyclic) bond motifs is 1. The average molecular weight is 287 g/mol. The summed E-state index contributed by atoms with van der Waals surface area (Å²) in [6.07, 6.45) is -4.39. The van der Waals surface area contributed by atoms with Crippen LogP contribution in [0.1, 0.15) is 18.9 Å². The maximum atomic E-state index is 12.8. The largest absolute Gasteiger partial charge is 0.452 e. The van der Waals surface area contributed by atoms with Gasteiger partial charge in [0.25, 0.3) is 0 Å². The van der Waals surface area contributed by atoms with Crippen molar-refractivity contribution in [1.82, 2.24) is 0 Å². The Morgan fingerprint density at radius 2 is 2.00 bits per heavy atom. The third-order valence-corrected chi connectivity index (χ3v) is 2.92. The highest BCUT2D eigenvalue weighted by atomic mass is 19.4. The first-order valence-corrected chi connectivity index (χ1v) is 5.73. The van der Waals surface area contributed by atoms with E-state index >= 15 is 0 Å². The minimum atomic E-state index is -4.72. The Labute approximate surface area is 112 Å². The fourth-order valence-corrected chi connectivity index (χ4v) is 2.07. The molecule has 4 nitrogen and oxygen atoms in total. The zero-order valence-corrected chi connectivity index (χ0v) is 10.5. The van der Waals surface area contributed by atoms with E-state index in [0.717, 1.165) is 0 Å². The van der Waals surface area contributed by atoms with E-state index in [4.69, 9.17) is 9.94 Å². The SMILES string of the molecule is C/C(CC1(O)C=C(C(F)(F)F)Oc2ccccc21)=N\O. The Morgan fingerprint density at radius 1 is 1.35 bits per heavy atom. The molecule has 0 amide bonds. The van der Waals surface area contributed by atoms with E-state index in [9.17, 15) is 18.3 Å². The van der Waals surface area contributed by atoms with Gasteiger partial charge in [0.1, 0.15) is 11.4 Å². The summed E-state index contributed by atoms with van der Waals surface area (Å²) in [5, 5.41) is 22.1. The predicted octanol–water partition coefficient (Wildman–Crippen LogP) is 2.95. The van der Waals surface area contributed by atoms with Gasteiger partial charge in [0.2, 0.25) is 5.76 Å². The first kappa shape index (κ1) is 14.4. The van der Waals surface area contributed by atoms with Crippen molar-refractivity contribution in [2.45, 2.75) is 25.1 Å². The third kappa shape index (κ3) is 2.62. The number of allylic oxidation sites excluding steroid dienone is 1. The van der Waals surface area contributed by atoms with E-state index < -0.39 is 17.5 Å². The summed E-state index contributed by atoms with van der Waals surface area (Å²) in [6.45, 7) is 1.40. The number of ether oxygens (including phenoxy) is 1. The van der Waals surface area contributed by atoms with Crippen molar-refractivity contribution in [3.05, 3.63) is 41.7 Å². The van der Waals surface area contributed by atoms with E-state index in [1.807, 2.05) is 0 Å². The molecule has 1 unspecified atom stereocenters. The van der Waals surface area contributed by atoms with Crippen molar-refractivity contribution in [3.8, 4) is 5.75 Å². The number of oxime groups is 1. The summed E-state index contributed by atoms with van der Waals surface area (Å²) < 4.78 is 43.2. The fraction of sp³-hybridized carbons (Fsp3) is 0.308. The zero-order chi connectivity index (χ0) is 15.0. The van der Waals surface area contributed by atoms with Gasteiger partial charge in [-0.05, 0) is 13.0 Å². The van der Waals surface area contributed by atoms with Gasteiger partial charge < -0.3 is 15.1 Å². The maximum absolute atomic E-state index is 12.8. The van der Waals surface area contributed by atoms with Crippen LogP contribution in [0.4, 0.5) is 13.2 Å². The number of hydrogen-bond acceptors (Lipinski definition) is 4. The van der Waals surface area contributed by atoms with Crippen LogP contribution in [0.2, 0.25) is 0 Å². The normalized spacial score (nSPS) is 22.9. The third-order valence-electron chi connectivity index (χ3n) is 2.92. The summed E-state index contributed by atoms with van der Waals surface area (Å²) in [7, 11) is 0. The first-order valence-electron chi connectivity index (χ1n) is 5.73. The predicted molar refractivity (Wildman–Crippen MR) is 64.6 cm³/mol. The highest BCUT2D eigenvalue weighted by Gasteiger charge is 2.44. The van der Waals surface area contributed by atoms with Gasteiger partial charge in [0.15, 0.2) is 0 Å². The van der Waals surface area contributed by atoms with Crippen molar-refractivity contribution in [2.75, 3.05) is 0 Å².